The van der Waals surface area contributed by atoms with Gasteiger partial charge in [-0.15, -0.1) is 0 Å². The fourth-order valence-electron chi connectivity index (χ4n) is 1.90. The number of thiol groups is 1. The fraction of sp³-hybridized carbons (Fsp3) is 0.333. The van der Waals surface area contributed by atoms with E-state index in [-0.39, 0.29) is 0 Å². The third-order valence-corrected chi connectivity index (χ3v) is 2.98. The summed E-state index contributed by atoms with van der Waals surface area (Å²) in [7, 11) is 0. The van der Waals surface area contributed by atoms with Crippen molar-refractivity contribution < 1.29 is 5.11 Å². The van der Waals surface area contributed by atoms with Gasteiger partial charge in [-0.1, -0.05) is 12.1 Å². The van der Waals surface area contributed by atoms with Gasteiger partial charge < -0.3 is 9.67 Å². The number of fused-ring (bicyclic) bond motifs is 1. The summed E-state index contributed by atoms with van der Waals surface area (Å²) in [6.07, 6.45) is 2.07. The molecule has 2 aromatic rings. The van der Waals surface area contributed by atoms with Crippen LogP contribution in [0.25, 0.3) is 10.9 Å². The molecule has 1 heterocycles. The standard InChI is InChI=1S/C12H15NOS/c1-8(2)13-6-9(7-15)10-4-3-5-11(14)12(10)13/h3-6,8,14-15H,7H2,1-2H3. The largest absolute Gasteiger partial charge is 0.506 e. The Balaban J connectivity index is 2.82. The lowest BCUT2D eigenvalue weighted by Crippen LogP contribution is -1.98. The van der Waals surface area contributed by atoms with Crippen LogP contribution in [0.4, 0.5) is 0 Å². The number of nitrogens with zero attached hydrogens (tertiary/aromatic N) is 1. The second-order valence-corrected chi connectivity index (χ2v) is 4.30. The monoisotopic (exact) mass is 221 g/mol. The van der Waals surface area contributed by atoms with Crippen LogP contribution in [0, 0.1) is 0 Å². The molecule has 80 valence electrons. The van der Waals surface area contributed by atoms with Gasteiger partial charge in [0.05, 0.1) is 5.52 Å². The van der Waals surface area contributed by atoms with E-state index in [1.54, 1.807) is 6.07 Å². The van der Waals surface area contributed by atoms with Crippen LogP contribution >= 0.6 is 12.6 Å². The lowest BCUT2D eigenvalue weighted by Gasteiger charge is -2.09. The zero-order valence-electron chi connectivity index (χ0n) is 8.94. The van der Waals surface area contributed by atoms with Gasteiger partial charge in [0.25, 0.3) is 0 Å². The molecular formula is C12H15NOS. The predicted octanol–water partition coefficient (Wildman–Crippen LogP) is 3.36. The first-order valence-corrected chi connectivity index (χ1v) is 5.70. The Morgan fingerprint density at radius 3 is 2.73 bits per heavy atom. The normalized spacial score (nSPS) is 11.5. The Bertz CT molecular complexity index is 488. The van der Waals surface area contributed by atoms with Crippen molar-refractivity contribution in [3.8, 4) is 5.75 Å². The Morgan fingerprint density at radius 1 is 1.40 bits per heavy atom. The van der Waals surface area contributed by atoms with Crippen molar-refractivity contribution in [1.82, 2.24) is 4.57 Å². The van der Waals surface area contributed by atoms with Gasteiger partial charge in [0.2, 0.25) is 0 Å². The summed E-state index contributed by atoms with van der Waals surface area (Å²) in [6, 6.07) is 5.97. The van der Waals surface area contributed by atoms with E-state index in [2.05, 4.69) is 37.2 Å². The Labute approximate surface area is 94.9 Å². The van der Waals surface area contributed by atoms with Crippen LogP contribution < -0.4 is 0 Å². The first kappa shape index (κ1) is 10.4. The second kappa shape index (κ2) is 3.81. The number of para-hydroxylation sites is 1. The van der Waals surface area contributed by atoms with Gasteiger partial charge >= 0.3 is 0 Å². The van der Waals surface area contributed by atoms with Crippen LogP contribution in [0.1, 0.15) is 25.5 Å². The smallest absolute Gasteiger partial charge is 0.139 e. The molecule has 0 atom stereocenters. The number of benzene rings is 1. The van der Waals surface area contributed by atoms with Crippen LogP contribution in [0.2, 0.25) is 0 Å². The van der Waals surface area contributed by atoms with Gasteiger partial charge in [0.1, 0.15) is 5.75 Å². The Kier molecular flexibility index (Phi) is 2.65. The molecule has 0 radical (unpaired) electrons. The molecule has 0 bridgehead atoms. The summed E-state index contributed by atoms with van der Waals surface area (Å²) >= 11 is 4.31. The molecule has 0 spiro atoms. The first-order chi connectivity index (χ1) is 7.15. The maximum Gasteiger partial charge on any atom is 0.139 e. The van der Waals surface area contributed by atoms with Gasteiger partial charge in [-0.2, -0.15) is 12.6 Å². The fourth-order valence-corrected chi connectivity index (χ4v) is 2.15. The van der Waals surface area contributed by atoms with Gasteiger partial charge in [0, 0.05) is 23.4 Å². The highest BCUT2D eigenvalue weighted by Crippen LogP contribution is 2.31. The summed E-state index contributed by atoms with van der Waals surface area (Å²) in [4.78, 5) is 0. The second-order valence-electron chi connectivity index (χ2n) is 3.99. The molecule has 1 N–H and O–H groups in total. The molecule has 0 aliphatic heterocycles. The van der Waals surface area contributed by atoms with E-state index in [1.165, 1.54) is 0 Å². The highest BCUT2D eigenvalue weighted by atomic mass is 32.1. The van der Waals surface area contributed by atoms with E-state index >= 15 is 0 Å². The molecular weight excluding hydrogens is 206 g/mol. The Morgan fingerprint density at radius 2 is 2.13 bits per heavy atom. The average Bonchev–Trinajstić information content (AvgIpc) is 2.58. The number of phenols is 1. The van der Waals surface area contributed by atoms with Crippen molar-refractivity contribution in [2.45, 2.75) is 25.6 Å². The van der Waals surface area contributed by atoms with E-state index in [0.717, 1.165) is 16.5 Å². The molecule has 0 unspecified atom stereocenters. The van der Waals surface area contributed by atoms with Crippen LogP contribution in [0.15, 0.2) is 24.4 Å². The summed E-state index contributed by atoms with van der Waals surface area (Å²) in [6.45, 7) is 4.21. The lowest BCUT2D eigenvalue weighted by molar-refractivity contribution is 0.475. The third-order valence-electron chi connectivity index (χ3n) is 2.64. The topological polar surface area (TPSA) is 25.2 Å². The molecule has 0 amide bonds. The maximum absolute atomic E-state index is 9.86. The number of aromatic nitrogens is 1. The van der Waals surface area contributed by atoms with E-state index in [1.807, 2.05) is 12.1 Å². The van der Waals surface area contributed by atoms with Crippen molar-refractivity contribution in [2.24, 2.45) is 0 Å². The molecule has 2 nitrogen and oxygen atoms in total. The molecule has 15 heavy (non-hydrogen) atoms. The summed E-state index contributed by atoms with van der Waals surface area (Å²) < 4.78 is 2.09. The average molecular weight is 221 g/mol. The SMILES string of the molecule is CC(C)n1cc(CS)c2cccc(O)c21. The molecule has 0 aliphatic rings. The van der Waals surface area contributed by atoms with Crippen molar-refractivity contribution in [3.05, 3.63) is 30.0 Å². The van der Waals surface area contributed by atoms with Crippen molar-refractivity contribution in [3.63, 3.8) is 0 Å². The predicted molar refractivity (Wildman–Crippen MR) is 66.7 cm³/mol. The van der Waals surface area contributed by atoms with Gasteiger partial charge in [-0.25, -0.2) is 0 Å². The summed E-state index contributed by atoms with van der Waals surface area (Å²) in [5, 5.41) is 11.0. The van der Waals surface area contributed by atoms with E-state index < -0.39 is 0 Å². The molecule has 0 saturated carbocycles. The van der Waals surface area contributed by atoms with Crippen molar-refractivity contribution in [1.29, 1.82) is 0 Å². The van der Waals surface area contributed by atoms with E-state index in [0.29, 0.717) is 17.5 Å². The van der Waals surface area contributed by atoms with Gasteiger partial charge in [0.15, 0.2) is 0 Å². The molecule has 0 saturated heterocycles. The van der Waals surface area contributed by atoms with Gasteiger partial charge in [-0.05, 0) is 25.5 Å². The first-order valence-electron chi connectivity index (χ1n) is 5.07. The minimum Gasteiger partial charge on any atom is -0.506 e. The van der Waals surface area contributed by atoms with Crippen molar-refractivity contribution >= 4 is 23.5 Å². The maximum atomic E-state index is 9.86. The zero-order valence-corrected chi connectivity index (χ0v) is 9.83. The van der Waals surface area contributed by atoms with E-state index in [9.17, 15) is 5.11 Å². The third kappa shape index (κ3) is 1.61. The van der Waals surface area contributed by atoms with Gasteiger partial charge in [-0.3, -0.25) is 0 Å². The minimum absolute atomic E-state index is 0.342. The number of phenolic OH excluding ortho intramolecular Hbond substituents is 1. The summed E-state index contributed by atoms with van der Waals surface area (Å²) in [5.41, 5.74) is 2.08. The number of hydrogen-bond acceptors (Lipinski definition) is 2. The lowest BCUT2D eigenvalue weighted by atomic mass is 10.2. The van der Waals surface area contributed by atoms with E-state index in [4.69, 9.17) is 0 Å². The number of rotatable bonds is 2. The molecule has 0 aliphatic carbocycles. The molecule has 0 fully saturated rings. The molecule has 1 aromatic carbocycles. The zero-order chi connectivity index (χ0) is 11.0. The highest BCUT2D eigenvalue weighted by molar-refractivity contribution is 7.79. The quantitative estimate of drug-likeness (QED) is 0.747. The molecule has 1 aromatic heterocycles. The van der Waals surface area contributed by atoms with Crippen molar-refractivity contribution in [2.75, 3.05) is 0 Å². The minimum atomic E-state index is 0.342. The van der Waals surface area contributed by atoms with Crippen LogP contribution in [-0.4, -0.2) is 9.67 Å². The summed E-state index contributed by atoms with van der Waals surface area (Å²) in [5.74, 6) is 1.04. The van der Waals surface area contributed by atoms with Crippen LogP contribution in [-0.2, 0) is 5.75 Å². The molecule has 2 rings (SSSR count). The van der Waals surface area contributed by atoms with Crippen LogP contribution in [0.5, 0.6) is 5.75 Å². The Hall–Kier alpha value is -1.09. The molecule has 3 heteroatoms. The number of aromatic hydroxyl groups is 1. The van der Waals surface area contributed by atoms with Crippen LogP contribution in [0.3, 0.4) is 0 Å². The highest BCUT2D eigenvalue weighted by Gasteiger charge is 2.12. The number of hydrogen-bond donors (Lipinski definition) is 2.